The minimum atomic E-state index is -1.60. The summed E-state index contributed by atoms with van der Waals surface area (Å²) in [6.45, 7) is 28.2. The van der Waals surface area contributed by atoms with Gasteiger partial charge in [-0.05, 0) is 107 Å². The van der Waals surface area contributed by atoms with Crippen LogP contribution >= 0.6 is 0 Å². The number of aliphatic hydroxyl groups is 1. The molecule has 0 aromatic heterocycles. The van der Waals surface area contributed by atoms with E-state index >= 15 is 14.4 Å². The molecule has 88 heavy (non-hydrogen) atoms. The Morgan fingerprint density at radius 2 is 0.864 bits per heavy atom. The zero-order valence-corrected chi connectivity index (χ0v) is 58.0. The van der Waals surface area contributed by atoms with Crippen LogP contribution in [0, 0.1) is 41.4 Å². The monoisotopic (exact) mass is 1250 g/mol. The van der Waals surface area contributed by atoms with Gasteiger partial charge in [-0.3, -0.25) is 52.7 Å². The van der Waals surface area contributed by atoms with E-state index in [1.165, 1.54) is 87.7 Å². The molecule has 506 valence electrons. The largest absolute Gasteiger partial charge is 0.390 e. The van der Waals surface area contributed by atoms with E-state index in [0.717, 1.165) is 29.1 Å². The molecule has 1 unspecified atom stereocenters. The number of carbonyl (C=O) groups excluding carboxylic acids is 11. The quantitative estimate of drug-likeness (QED) is 0.101. The third kappa shape index (κ3) is 23.2. The van der Waals surface area contributed by atoms with Gasteiger partial charge in [-0.1, -0.05) is 116 Å². The highest BCUT2D eigenvalue weighted by Crippen LogP contribution is 2.26. The van der Waals surface area contributed by atoms with Crippen molar-refractivity contribution in [1.82, 2.24) is 55.6 Å². The van der Waals surface area contributed by atoms with Crippen LogP contribution in [0.3, 0.4) is 0 Å². The average Bonchev–Trinajstić information content (AvgIpc) is 3.66. The number of nitrogens with zero attached hydrogens (tertiary/aromatic N) is 7. The summed E-state index contributed by atoms with van der Waals surface area (Å²) < 4.78 is 0. The standard InChI is InChI=1S/C64H118N12O12/c1-24-45-60(84)70(17)35-50(77)71(18)46(31-36(2)3)57(81)69-51(40(10)11)63(87)72(19)47(32-37(4)5)56(80)66-43(15)55(79)67-44(16)59(83)73(20)48(33-38(6)7)61(85)74(21)49(34-39(8)9)62(86)75(22)52(41(12)13)64(88)76(23)53(58(82)68-45)54(78)42(14)29-27-25-26-28-30-65/h36-49,51-54,78H,24-35,65H2,1-23H3,(H,66,80)(H,67,79)(H,68,82)(H,69,81)/t42-,43-,44+,45+,46+,47-,48-,49+,51-,52+,53?,54-/m1/s1. The molecule has 0 bridgehead atoms. The zero-order valence-electron chi connectivity index (χ0n) is 58.0. The van der Waals surface area contributed by atoms with Gasteiger partial charge in [0, 0.05) is 49.3 Å². The van der Waals surface area contributed by atoms with Crippen molar-refractivity contribution in [3.8, 4) is 0 Å². The van der Waals surface area contributed by atoms with Crippen molar-refractivity contribution in [2.75, 3.05) is 62.4 Å². The lowest BCUT2D eigenvalue weighted by Gasteiger charge is -2.41. The Bertz CT molecular complexity index is 2330. The first-order valence-corrected chi connectivity index (χ1v) is 32.2. The lowest BCUT2D eigenvalue weighted by molar-refractivity contribution is -0.157. The molecule has 1 heterocycles. The molecule has 24 heteroatoms. The summed E-state index contributed by atoms with van der Waals surface area (Å²) in [5.74, 6) is -9.62. The van der Waals surface area contributed by atoms with Gasteiger partial charge in [0.25, 0.3) is 0 Å². The van der Waals surface area contributed by atoms with Gasteiger partial charge in [-0.25, -0.2) is 0 Å². The van der Waals surface area contributed by atoms with E-state index in [1.807, 2.05) is 55.4 Å². The average molecular weight is 1250 g/mol. The lowest BCUT2D eigenvalue weighted by Crippen LogP contribution is -2.63. The van der Waals surface area contributed by atoms with Crippen LogP contribution in [0.5, 0.6) is 0 Å². The van der Waals surface area contributed by atoms with Crippen molar-refractivity contribution in [2.24, 2.45) is 47.2 Å². The summed E-state index contributed by atoms with van der Waals surface area (Å²) in [6, 6.07) is -12.3. The molecule has 1 aliphatic rings. The Morgan fingerprint density at radius 1 is 0.443 bits per heavy atom. The molecular weight excluding hydrogens is 1130 g/mol. The summed E-state index contributed by atoms with van der Waals surface area (Å²) in [4.78, 5) is 169. The molecule has 0 spiro atoms. The first-order valence-electron chi connectivity index (χ1n) is 32.2. The van der Waals surface area contributed by atoms with Gasteiger partial charge >= 0.3 is 0 Å². The molecule has 0 aliphatic carbocycles. The molecular formula is C64H118N12O12. The molecule has 1 fully saturated rings. The maximum atomic E-state index is 15.2. The van der Waals surface area contributed by atoms with E-state index in [4.69, 9.17) is 5.73 Å². The molecule has 0 saturated carbocycles. The van der Waals surface area contributed by atoms with E-state index in [0.29, 0.717) is 19.4 Å². The Hall–Kier alpha value is -5.91. The fourth-order valence-corrected chi connectivity index (χ4v) is 11.3. The van der Waals surface area contributed by atoms with E-state index < -0.39 is 156 Å². The van der Waals surface area contributed by atoms with Gasteiger partial charge < -0.3 is 66.4 Å². The number of likely N-dealkylation sites (N-methyl/N-ethyl adjacent to an activating group) is 7. The van der Waals surface area contributed by atoms with Gasteiger partial charge in [-0.15, -0.1) is 0 Å². The molecule has 0 aromatic carbocycles. The predicted molar refractivity (Wildman–Crippen MR) is 341 cm³/mol. The Morgan fingerprint density at radius 3 is 1.33 bits per heavy atom. The van der Waals surface area contributed by atoms with E-state index in [9.17, 15) is 43.5 Å². The fourth-order valence-electron chi connectivity index (χ4n) is 11.3. The van der Waals surface area contributed by atoms with Crippen molar-refractivity contribution in [3.63, 3.8) is 0 Å². The molecule has 0 aromatic rings. The highest BCUT2D eigenvalue weighted by Gasteiger charge is 2.46. The second kappa shape index (κ2) is 37.3. The molecule has 0 radical (unpaired) electrons. The molecule has 7 N–H and O–H groups in total. The van der Waals surface area contributed by atoms with Crippen molar-refractivity contribution >= 4 is 65.0 Å². The number of amides is 11. The van der Waals surface area contributed by atoms with E-state index in [1.54, 1.807) is 41.5 Å². The Kier molecular flexibility index (Phi) is 34.0. The summed E-state index contributed by atoms with van der Waals surface area (Å²) in [7, 11) is 9.97. The molecule has 1 saturated heterocycles. The van der Waals surface area contributed by atoms with E-state index in [2.05, 4.69) is 21.3 Å². The molecule has 11 amide bonds. The van der Waals surface area contributed by atoms with Crippen LogP contribution in [0.2, 0.25) is 0 Å². The van der Waals surface area contributed by atoms with Crippen LogP contribution in [-0.2, 0) is 52.7 Å². The number of rotatable bonds is 19. The van der Waals surface area contributed by atoms with Gasteiger partial charge in [0.1, 0.15) is 60.4 Å². The van der Waals surface area contributed by atoms with Crippen LogP contribution in [-0.4, -0.2) is 233 Å². The summed E-state index contributed by atoms with van der Waals surface area (Å²) >= 11 is 0. The Balaban J connectivity index is 4.33. The van der Waals surface area contributed by atoms with Gasteiger partial charge in [0.05, 0.1) is 12.6 Å². The van der Waals surface area contributed by atoms with Gasteiger partial charge in [0.15, 0.2) is 0 Å². The van der Waals surface area contributed by atoms with Crippen molar-refractivity contribution in [3.05, 3.63) is 0 Å². The second-order valence-electron chi connectivity index (χ2n) is 27.3. The second-order valence-corrected chi connectivity index (χ2v) is 27.3. The van der Waals surface area contributed by atoms with Crippen LogP contribution in [0.25, 0.3) is 0 Å². The van der Waals surface area contributed by atoms with Crippen LogP contribution in [0.15, 0.2) is 0 Å². The van der Waals surface area contributed by atoms with Crippen molar-refractivity contribution in [2.45, 2.75) is 242 Å². The lowest BCUT2D eigenvalue weighted by atomic mass is 9.90. The smallest absolute Gasteiger partial charge is 0.246 e. The Labute approximate surface area is 527 Å². The molecule has 1 rings (SSSR count). The maximum Gasteiger partial charge on any atom is 0.246 e. The van der Waals surface area contributed by atoms with Crippen LogP contribution in [0.1, 0.15) is 175 Å². The molecule has 1 aliphatic heterocycles. The van der Waals surface area contributed by atoms with Gasteiger partial charge in [-0.2, -0.15) is 0 Å². The summed E-state index contributed by atoms with van der Waals surface area (Å²) in [6.07, 6.45) is 2.81. The fraction of sp³-hybridized carbons (Fsp3) is 0.828. The number of carbonyl (C=O) groups is 11. The van der Waals surface area contributed by atoms with Crippen LogP contribution < -0.4 is 27.0 Å². The van der Waals surface area contributed by atoms with Crippen molar-refractivity contribution in [1.29, 1.82) is 0 Å². The number of nitrogens with two attached hydrogens (primary N) is 1. The summed E-state index contributed by atoms with van der Waals surface area (Å²) in [5.41, 5.74) is 5.74. The van der Waals surface area contributed by atoms with Crippen molar-refractivity contribution < 1.29 is 57.8 Å². The number of nitrogens with one attached hydrogen (secondary N) is 4. The highest BCUT2D eigenvalue weighted by molar-refractivity contribution is 5.99. The minimum absolute atomic E-state index is 0.0254. The third-order valence-electron chi connectivity index (χ3n) is 16.9. The first kappa shape index (κ1) is 80.1. The number of hydrogen-bond donors (Lipinski definition) is 6. The number of hydrogen-bond acceptors (Lipinski definition) is 13. The highest BCUT2D eigenvalue weighted by atomic mass is 16.3. The number of aliphatic hydroxyl groups excluding tert-OH is 1. The molecule has 12 atom stereocenters. The first-order chi connectivity index (χ1) is 40.7. The SMILES string of the molecule is CC[C@@H]1NC(=O)C([C@H](O)[C@H](C)CCCCCCN)N(C)C(=O)[C@H](C(C)C)N(C)C(=O)[C@H](CC(C)C)N(C)C(=O)[C@@H](CC(C)C)N(C)C(=O)[C@H](C)NC(=O)[C@@H](C)NC(=O)[C@@H](CC(C)C)N(C)C(=O)[C@@H](C(C)C)NC(=O)[C@H](CC(C)C)N(C)C(=O)CN(C)C1=O. The molecule has 24 nitrogen and oxygen atoms in total. The zero-order chi connectivity index (χ0) is 68.1. The topological polar surface area (TPSA) is 305 Å². The summed E-state index contributed by atoms with van der Waals surface area (Å²) in [5, 5.41) is 23.3. The maximum absolute atomic E-state index is 15.2. The normalized spacial score (nSPS) is 26.3. The predicted octanol–water partition coefficient (Wildman–Crippen LogP) is 3.21. The minimum Gasteiger partial charge on any atom is -0.390 e. The van der Waals surface area contributed by atoms with Gasteiger partial charge in [0.2, 0.25) is 65.0 Å². The number of unbranched alkanes of at least 4 members (excludes halogenated alkanes) is 3. The van der Waals surface area contributed by atoms with E-state index in [-0.39, 0.29) is 55.8 Å². The van der Waals surface area contributed by atoms with Crippen LogP contribution in [0.4, 0.5) is 0 Å². The third-order valence-corrected chi connectivity index (χ3v) is 16.9.